The number of hydrogen-bond acceptors (Lipinski definition) is 13. The Morgan fingerprint density at radius 2 is 1.55 bits per heavy atom. The zero-order valence-electron chi connectivity index (χ0n) is 36.5. The summed E-state index contributed by atoms with van der Waals surface area (Å²) in [5, 5.41) is 10.5. The summed E-state index contributed by atoms with van der Waals surface area (Å²) in [5.74, 6) is -2.73. The third-order valence-corrected chi connectivity index (χ3v) is 13.0. The smallest absolute Gasteiger partial charge is 0.264 e. The number of anilines is 3. The van der Waals surface area contributed by atoms with Crippen molar-refractivity contribution >= 4 is 69.2 Å². The van der Waals surface area contributed by atoms with E-state index in [9.17, 15) is 33.6 Å². The quantitative estimate of drug-likeness (QED) is 0.0858. The molecule has 5 aromatic rings. The number of piperidine rings is 1. The molecule has 4 aliphatic heterocycles. The second-order valence-electron chi connectivity index (χ2n) is 16.4. The normalized spacial score (nSPS) is 17.4. The number of aromatic nitrogens is 1. The molecular weight excluding hydrogens is 877 g/mol. The van der Waals surface area contributed by atoms with E-state index in [1.165, 1.54) is 11.3 Å². The Hall–Kier alpha value is -7.28. The lowest BCUT2D eigenvalue weighted by atomic mass is 10.00. The molecular formula is C49H48N8O9S. The van der Waals surface area contributed by atoms with Crippen molar-refractivity contribution in [1.29, 1.82) is 0 Å². The molecule has 0 spiro atoms. The van der Waals surface area contributed by atoms with E-state index in [4.69, 9.17) is 9.47 Å². The topological polar surface area (TPSA) is 200 Å². The van der Waals surface area contributed by atoms with Crippen LogP contribution in [0.3, 0.4) is 0 Å². The monoisotopic (exact) mass is 924 g/mol. The maximum atomic E-state index is 14.0. The summed E-state index contributed by atoms with van der Waals surface area (Å²) in [6.45, 7) is 4.35. The van der Waals surface area contributed by atoms with Gasteiger partial charge in [0.2, 0.25) is 17.7 Å². The highest BCUT2D eigenvalue weighted by Gasteiger charge is 2.45. The van der Waals surface area contributed by atoms with Crippen LogP contribution in [0.5, 0.6) is 0 Å². The molecule has 9 rings (SSSR count). The highest BCUT2D eigenvalue weighted by Crippen LogP contribution is 2.36. The van der Waals surface area contributed by atoms with Crippen molar-refractivity contribution in [3.63, 3.8) is 0 Å². The number of rotatable bonds is 17. The minimum Gasteiger partial charge on any atom is -0.382 e. The predicted octanol–water partition coefficient (Wildman–Crippen LogP) is 4.73. The van der Waals surface area contributed by atoms with Crippen LogP contribution in [0, 0.1) is 0 Å². The van der Waals surface area contributed by atoms with Crippen LogP contribution in [0.4, 0.5) is 16.5 Å². The van der Waals surface area contributed by atoms with Crippen molar-refractivity contribution in [2.45, 2.75) is 37.9 Å². The lowest BCUT2D eigenvalue weighted by Gasteiger charge is -2.36. The van der Waals surface area contributed by atoms with Gasteiger partial charge in [-0.05, 0) is 59.0 Å². The number of imide groups is 2. The second kappa shape index (κ2) is 20.1. The average molecular weight is 925 g/mol. The third kappa shape index (κ3) is 9.68. The summed E-state index contributed by atoms with van der Waals surface area (Å²) in [6.07, 6.45) is 2.01. The fourth-order valence-corrected chi connectivity index (χ4v) is 9.45. The summed E-state index contributed by atoms with van der Waals surface area (Å²) >= 11 is 1.32. The maximum absolute atomic E-state index is 14.0. The van der Waals surface area contributed by atoms with Gasteiger partial charge in [-0.25, -0.2) is 4.98 Å². The number of carbonyl (C=O) groups is 7. The molecule has 3 N–H and O–H groups in total. The molecule has 2 fully saturated rings. The number of nitrogens with one attached hydrogen (secondary N) is 3. The first-order valence-corrected chi connectivity index (χ1v) is 23.1. The molecule has 4 aliphatic rings. The Morgan fingerprint density at radius 1 is 0.791 bits per heavy atom. The van der Waals surface area contributed by atoms with Crippen LogP contribution in [0.2, 0.25) is 0 Å². The lowest BCUT2D eigenvalue weighted by molar-refractivity contribution is -0.136. The van der Waals surface area contributed by atoms with Gasteiger partial charge in [-0.2, -0.15) is 0 Å². The lowest BCUT2D eigenvalue weighted by Crippen LogP contribution is -2.54. The molecule has 0 aliphatic carbocycles. The SMILES string of the molecule is O=C1CCC(N2C(=O)c3cccc(NCCOCCOCCC(=O)N4CCN(c5ccc(-c6ccc7c(c6)C(=O)N(C(C(=O)Nc6nccs6)c6ccccc6)C7)cc5)CC4)c3C2=O)C(=O)N1. The van der Waals surface area contributed by atoms with Crippen LogP contribution >= 0.6 is 11.3 Å². The minimum atomic E-state index is -1.04. The third-order valence-electron chi connectivity index (χ3n) is 12.3. The first kappa shape index (κ1) is 44.9. The minimum absolute atomic E-state index is 0.0275. The molecule has 17 nitrogen and oxygen atoms in total. The molecule has 5 heterocycles. The fraction of sp³-hybridized carbons (Fsp3) is 0.306. The summed E-state index contributed by atoms with van der Waals surface area (Å²) in [5.41, 5.74) is 5.90. The van der Waals surface area contributed by atoms with E-state index in [2.05, 4.69) is 38.0 Å². The number of ether oxygens (including phenoxy) is 2. The molecule has 2 unspecified atom stereocenters. The number of nitrogens with zero attached hydrogens (tertiary/aromatic N) is 5. The van der Waals surface area contributed by atoms with Gasteiger partial charge in [0.1, 0.15) is 12.1 Å². The molecule has 2 saturated heterocycles. The molecule has 0 radical (unpaired) electrons. The zero-order chi connectivity index (χ0) is 46.4. The Kier molecular flexibility index (Phi) is 13.5. The highest BCUT2D eigenvalue weighted by atomic mass is 32.1. The van der Waals surface area contributed by atoms with Gasteiger partial charge < -0.3 is 29.5 Å². The first-order chi connectivity index (χ1) is 32.6. The molecule has 0 bridgehead atoms. The number of carbonyl (C=O) groups excluding carboxylic acids is 7. The Morgan fingerprint density at radius 3 is 2.30 bits per heavy atom. The van der Waals surface area contributed by atoms with E-state index < -0.39 is 35.7 Å². The van der Waals surface area contributed by atoms with Gasteiger partial charge in [-0.15, -0.1) is 11.3 Å². The molecule has 67 heavy (non-hydrogen) atoms. The summed E-state index contributed by atoms with van der Waals surface area (Å²) in [4.78, 5) is 102. The molecule has 4 aromatic carbocycles. The van der Waals surface area contributed by atoms with Crippen molar-refractivity contribution in [3.8, 4) is 11.1 Å². The first-order valence-electron chi connectivity index (χ1n) is 22.2. The number of amides is 7. The van der Waals surface area contributed by atoms with Crippen LogP contribution in [0.25, 0.3) is 11.1 Å². The van der Waals surface area contributed by atoms with Crippen LogP contribution in [0.15, 0.2) is 103 Å². The fourth-order valence-electron chi connectivity index (χ4n) is 8.92. The van der Waals surface area contributed by atoms with Gasteiger partial charge in [0, 0.05) is 74.2 Å². The van der Waals surface area contributed by atoms with Gasteiger partial charge in [0.05, 0.1) is 44.0 Å². The molecule has 0 saturated carbocycles. The van der Waals surface area contributed by atoms with E-state index in [1.807, 2.05) is 65.6 Å². The van der Waals surface area contributed by atoms with Crippen molar-refractivity contribution in [3.05, 3.63) is 130 Å². The summed E-state index contributed by atoms with van der Waals surface area (Å²) in [6, 6.07) is 26.4. The number of fused-ring (bicyclic) bond motifs is 2. The highest BCUT2D eigenvalue weighted by molar-refractivity contribution is 7.13. The van der Waals surface area contributed by atoms with Crippen LogP contribution in [-0.4, -0.2) is 126 Å². The van der Waals surface area contributed by atoms with E-state index in [1.54, 1.807) is 34.7 Å². The van der Waals surface area contributed by atoms with Crippen LogP contribution < -0.4 is 20.9 Å². The average Bonchev–Trinajstić information content (AvgIpc) is 4.05. The van der Waals surface area contributed by atoms with Crippen LogP contribution in [-0.2, 0) is 35.2 Å². The zero-order valence-corrected chi connectivity index (χ0v) is 37.3. The molecule has 2 atom stereocenters. The molecule has 7 amide bonds. The van der Waals surface area contributed by atoms with Gasteiger partial charge in [0.15, 0.2) is 5.13 Å². The van der Waals surface area contributed by atoms with Crippen molar-refractivity contribution < 1.29 is 43.0 Å². The second-order valence-corrected chi connectivity index (χ2v) is 17.3. The van der Waals surface area contributed by atoms with E-state index in [-0.39, 0.29) is 54.7 Å². The number of piperazine rings is 1. The van der Waals surface area contributed by atoms with Gasteiger partial charge in [-0.3, -0.25) is 49.1 Å². The largest absolute Gasteiger partial charge is 0.382 e. The van der Waals surface area contributed by atoms with E-state index in [0.717, 1.165) is 32.8 Å². The number of hydrogen-bond donors (Lipinski definition) is 3. The van der Waals surface area contributed by atoms with Crippen molar-refractivity contribution in [1.82, 2.24) is 25.0 Å². The Balaban J connectivity index is 0.684. The van der Waals surface area contributed by atoms with Gasteiger partial charge >= 0.3 is 0 Å². The maximum Gasteiger partial charge on any atom is 0.264 e. The van der Waals surface area contributed by atoms with Gasteiger partial charge in [-0.1, -0.05) is 60.7 Å². The molecule has 1 aromatic heterocycles. The Bertz CT molecular complexity index is 2690. The summed E-state index contributed by atoms with van der Waals surface area (Å²) in [7, 11) is 0. The standard InChI is InChI=1S/C49H48N8O9S/c58-40-16-15-39(44(60)52-40)57-47(63)36-7-4-8-38(42(36)48(57)64)50-18-25-66-27-26-65-24-17-41(59)55-22-20-54(21-23-55)35-13-11-31(12-14-35)33-9-10-34-30-56(46(62)37(34)29-33)43(32-5-2-1-3-6-32)45(61)53-49-51-19-28-67-49/h1-14,19,28-29,39,43,50H,15-18,20-27,30H2,(H,51,53,61)(H,52,58,60). The van der Waals surface area contributed by atoms with E-state index in [0.29, 0.717) is 75.5 Å². The molecule has 18 heteroatoms. The number of benzene rings is 4. The van der Waals surface area contributed by atoms with E-state index >= 15 is 0 Å². The van der Waals surface area contributed by atoms with Crippen molar-refractivity contribution in [2.75, 3.05) is 74.7 Å². The number of thiazole rings is 1. The molecule has 344 valence electrons. The predicted molar refractivity (Wildman–Crippen MR) is 248 cm³/mol. The van der Waals surface area contributed by atoms with Crippen molar-refractivity contribution in [2.24, 2.45) is 0 Å². The summed E-state index contributed by atoms with van der Waals surface area (Å²) < 4.78 is 11.4. The van der Waals surface area contributed by atoms with Crippen LogP contribution in [0.1, 0.15) is 67.5 Å². The van der Waals surface area contributed by atoms with Gasteiger partial charge in [0.25, 0.3) is 23.6 Å². The Labute approximate surface area is 390 Å².